The summed E-state index contributed by atoms with van der Waals surface area (Å²) in [5.74, 6) is 0. The molecular weight excluding hydrogens is 254 g/mol. The van der Waals surface area contributed by atoms with Gasteiger partial charge in [-0.2, -0.15) is 0 Å². The molecule has 2 rings (SSSR count). The normalized spacial score (nSPS) is 13.2. The maximum absolute atomic E-state index is 11.7. The zero-order valence-corrected chi connectivity index (χ0v) is 12.4. The number of imidazole rings is 1. The second-order valence-electron chi connectivity index (χ2n) is 5.92. The molecule has 0 aliphatic rings. The van der Waals surface area contributed by atoms with E-state index in [-0.39, 0.29) is 12.1 Å². The summed E-state index contributed by atoms with van der Waals surface area (Å²) in [6.07, 6.45) is 4.02. The lowest BCUT2D eigenvalue weighted by molar-refractivity contribution is 0.0508. The Kier molecular flexibility index (Phi) is 3.97. The number of amides is 1. The second kappa shape index (κ2) is 5.53. The van der Waals surface area contributed by atoms with Crippen molar-refractivity contribution in [1.29, 1.82) is 0 Å². The van der Waals surface area contributed by atoms with E-state index in [1.54, 1.807) is 6.20 Å². The molecule has 0 spiro atoms. The first-order valence-electron chi connectivity index (χ1n) is 6.75. The first-order valence-corrected chi connectivity index (χ1v) is 6.75. The van der Waals surface area contributed by atoms with E-state index in [1.165, 1.54) is 0 Å². The number of nitrogens with zero attached hydrogens (tertiary/aromatic N) is 2. The number of pyridine rings is 1. The summed E-state index contributed by atoms with van der Waals surface area (Å²) in [7, 11) is 0. The Labute approximate surface area is 119 Å². The highest BCUT2D eigenvalue weighted by Crippen LogP contribution is 2.10. The van der Waals surface area contributed by atoms with Gasteiger partial charge in [-0.1, -0.05) is 6.07 Å². The van der Waals surface area contributed by atoms with E-state index in [2.05, 4.69) is 10.3 Å². The van der Waals surface area contributed by atoms with Crippen LogP contribution in [0.3, 0.4) is 0 Å². The monoisotopic (exact) mass is 275 g/mol. The summed E-state index contributed by atoms with van der Waals surface area (Å²) < 4.78 is 7.27. The molecule has 0 aliphatic heterocycles. The molecule has 2 heterocycles. The SMILES string of the molecule is C[C@H](Cc1cccc2nccn12)NC(=O)OC(C)(C)C. The van der Waals surface area contributed by atoms with Crippen molar-refractivity contribution < 1.29 is 9.53 Å². The Bertz CT molecular complexity index is 598. The quantitative estimate of drug-likeness (QED) is 0.937. The van der Waals surface area contributed by atoms with Gasteiger partial charge in [-0.25, -0.2) is 9.78 Å². The number of carbonyl (C=O) groups is 1. The molecule has 2 aromatic rings. The fraction of sp³-hybridized carbons (Fsp3) is 0.467. The van der Waals surface area contributed by atoms with Crippen LogP contribution >= 0.6 is 0 Å². The summed E-state index contributed by atoms with van der Waals surface area (Å²) in [6.45, 7) is 7.51. The molecular formula is C15H21N3O2. The number of carbonyl (C=O) groups excluding carboxylic acids is 1. The van der Waals surface area contributed by atoms with Crippen LogP contribution in [0.4, 0.5) is 4.79 Å². The molecule has 0 aromatic carbocycles. The van der Waals surface area contributed by atoms with Gasteiger partial charge in [0.05, 0.1) is 0 Å². The highest BCUT2D eigenvalue weighted by Gasteiger charge is 2.18. The van der Waals surface area contributed by atoms with Crippen molar-refractivity contribution in [1.82, 2.24) is 14.7 Å². The van der Waals surface area contributed by atoms with Gasteiger partial charge in [-0.15, -0.1) is 0 Å². The number of hydrogen-bond acceptors (Lipinski definition) is 3. The first-order chi connectivity index (χ1) is 9.35. The average Bonchev–Trinajstić information content (AvgIpc) is 2.74. The van der Waals surface area contributed by atoms with Crippen molar-refractivity contribution in [3.05, 3.63) is 36.3 Å². The fourth-order valence-electron chi connectivity index (χ4n) is 2.05. The van der Waals surface area contributed by atoms with Crippen LogP contribution in [-0.2, 0) is 11.2 Å². The number of aromatic nitrogens is 2. The van der Waals surface area contributed by atoms with E-state index in [4.69, 9.17) is 4.74 Å². The average molecular weight is 275 g/mol. The Morgan fingerprint density at radius 3 is 2.90 bits per heavy atom. The third-order valence-electron chi connectivity index (χ3n) is 2.79. The molecule has 1 N–H and O–H groups in total. The molecule has 0 aliphatic carbocycles. The summed E-state index contributed by atoms with van der Waals surface area (Å²) in [6, 6.07) is 5.94. The highest BCUT2D eigenvalue weighted by molar-refractivity contribution is 5.68. The molecule has 5 heteroatoms. The lowest BCUT2D eigenvalue weighted by Crippen LogP contribution is -2.38. The second-order valence-corrected chi connectivity index (χ2v) is 5.92. The zero-order valence-electron chi connectivity index (χ0n) is 12.4. The number of hydrogen-bond donors (Lipinski definition) is 1. The summed E-state index contributed by atoms with van der Waals surface area (Å²) in [5, 5.41) is 2.85. The largest absolute Gasteiger partial charge is 0.444 e. The van der Waals surface area contributed by atoms with Gasteiger partial charge >= 0.3 is 6.09 Å². The molecule has 0 radical (unpaired) electrons. The van der Waals surface area contributed by atoms with E-state index in [0.29, 0.717) is 6.42 Å². The molecule has 2 aromatic heterocycles. The van der Waals surface area contributed by atoms with E-state index in [0.717, 1.165) is 11.3 Å². The van der Waals surface area contributed by atoms with Gasteiger partial charge in [0.15, 0.2) is 0 Å². The first kappa shape index (κ1) is 14.4. The Morgan fingerprint density at radius 2 is 2.20 bits per heavy atom. The van der Waals surface area contributed by atoms with Gasteiger partial charge < -0.3 is 14.5 Å². The number of rotatable bonds is 3. The zero-order chi connectivity index (χ0) is 14.8. The molecule has 0 saturated carbocycles. The maximum atomic E-state index is 11.7. The number of ether oxygens (including phenoxy) is 1. The number of alkyl carbamates (subject to hydrolysis) is 1. The van der Waals surface area contributed by atoms with Crippen molar-refractivity contribution in [3.63, 3.8) is 0 Å². The summed E-state index contributed by atoms with van der Waals surface area (Å²) in [4.78, 5) is 16.0. The minimum absolute atomic E-state index is 0.0159. The van der Waals surface area contributed by atoms with Gasteiger partial charge in [0.25, 0.3) is 0 Å². The minimum atomic E-state index is -0.478. The van der Waals surface area contributed by atoms with Crippen LogP contribution in [0.2, 0.25) is 0 Å². The third kappa shape index (κ3) is 3.73. The van der Waals surface area contributed by atoms with Gasteiger partial charge in [-0.05, 0) is 39.8 Å². The van der Waals surface area contributed by atoms with Crippen LogP contribution in [0, 0.1) is 0 Å². The van der Waals surface area contributed by atoms with E-state index in [1.807, 2.05) is 56.5 Å². The summed E-state index contributed by atoms with van der Waals surface area (Å²) >= 11 is 0. The lowest BCUT2D eigenvalue weighted by Gasteiger charge is -2.22. The van der Waals surface area contributed by atoms with Crippen LogP contribution in [0.1, 0.15) is 33.4 Å². The van der Waals surface area contributed by atoms with Gasteiger partial charge in [0.1, 0.15) is 11.2 Å². The standard InChI is InChI=1S/C15H21N3O2/c1-11(17-14(19)20-15(2,3)4)10-12-6-5-7-13-16-8-9-18(12)13/h5-9,11H,10H2,1-4H3,(H,17,19)/t11-/m1/s1. The van der Waals surface area contributed by atoms with Crippen LogP contribution in [0.5, 0.6) is 0 Å². The van der Waals surface area contributed by atoms with Crippen LogP contribution in [0.25, 0.3) is 5.65 Å². The lowest BCUT2D eigenvalue weighted by atomic mass is 10.1. The maximum Gasteiger partial charge on any atom is 0.407 e. The van der Waals surface area contributed by atoms with Crippen molar-refractivity contribution in [2.45, 2.75) is 45.8 Å². The molecule has 0 unspecified atom stereocenters. The predicted molar refractivity (Wildman–Crippen MR) is 77.7 cm³/mol. The Hall–Kier alpha value is -2.04. The molecule has 0 fully saturated rings. The van der Waals surface area contributed by atoms with E-state index < -0.39 is 5.60 Å². The number of nitrogens with one attached hydrogen (secondary N) is 1. The molecule has 5 nitrogen and oxygen atoms in total. The van der Waals surface area contributed by atoms with Gasteiger partial charge in [0.2, 0.25) is 0 Å². The molecule has 0 bridgehead atoms. The number of fused-ring (bicyclic) bond motifs is 1. The fourth-order valence-corrected chi connectivity index (χ4v) is 2.05. The van der Waals surface area contributed by atoms with Crippen LogP contribution in [-0.4, -0.2) is 27.1 Å². The van der Waals surface area contributed by atoms with Crippen molar-refractivity contribution in [3.8, 4) is 0 Å². The van der Waals surface area contributed by atoms with E-state index >= 15 is 0 Å². The van der Waals surface area contributed by atoms with Gasteiger partial charge in [0, 0.05) is 30.6 Å². The molecule has 108 valence electrons. The van der Waals surface area contributed by atoms with Crippen molar-refractivity contribution in [2.24, 2.45) is 0 Å². The topological polar surface area (TPSA) is 55.6 Å². The van der Waals surface area contributed by atoms with Crippen LogP contribution in [0.15, 0.2) is 30.6 Å². The van der Waals surface area contributed by atoms with Crippen molar-refractivity contribution >= 4 is 11.7 Å². The van der Waals surface area contributed by atoms with E-state index in [9.17, 15) is 4.79 Å². The third-order valence-corrected chi connectivity index (χ3v) is 2.79. The molecule has 1 amide bonds. The van der Waals surface area contributed by atoms with Crippen molar-refractivity contribution in [2.75, 3.05) is 0 Å². The van der Waals surface area contributed by atoms with Crippen LogP contribution < -0.4 is 5.32 Å². The Morgan fingerprint density at radius 1 is 1.45 bits per heavy atom. The smallest absolute Gasteiger partial charge is 0.407 e. The summed E-state index contributed by atoms with van der Waals surface area (Å²) in [5.41, 5.74) is 1.53. The molecule has 20 heavy (non-hydrogen) atoms. The molecule has 1 atom stereocenters. The Balaban J connectivity index is 1.99. The highest BCUT2D eigenvalue weighted by atomic mass is 16.6. The predicted octanol–water partition coefficient (Wildman–Crippen LogP) is 2.79. The van der Waals surface area contributed by atoms with Gasteiger partial charge in [-0.3, -0.25) is 0 Å². The minimum Gasteiger partial charge on any atom is -0.444 e. The molecule has 0 saturated heterocycles.